The number of nitrogens with zero attached hydrogens (tertiary/aromatic N) is 3. The first kappa shape index (κ1) is 22.8. The second-order valence-corrected chi connectivity index (χ2v) is 9.93. The molecule has 0 bridgehead atoms. The number of carbonyl (C=O) groups excluding carboxylic acids is 1. The fraction of sp³-hybridized carbons (Fsp3) is 0.261. The zero-order chi connectivity index (χ0) is 23.6. The number of hydrogen-bond acceptors (Lipinski definition) is 6. The number of fused-ring (bicyclic) bond motifs is 1. The summed E-state index contributed by atoms with van der Waals surface area (Å²) < 4.78 is 27.6. The first-order chi connectivity index (χ1) is 15.7. The summed E-state index contributed by atoms with van der Waals surface area (Å²) >= 11 is 0. The Bertz CT molecular complexity index is 1320. The van der Waals surface area contributed by atoms with Crippen molar-refractivity contribution in [3.63, 3.8) is 0 Å². The molecule has 3 aromatic carbocycles. The predicted octanol–water partition coefficient (Wildman–Crippen LogP) is 3.00. The Morgan fingerprint density at radius 2 is 1.70 bits per heavy atom. The number of anilines is 1. The van der Waals surface area contributed by atoms with Crippen molar-refractivity contribution in [1.29, 1.82) is 0 Å². The number of rotatable bonds is 6. The molecule has 4 rings (SSSR count). The van der Waals surface area contributed by atoms with E-state index in [1.165, 1.54) is 10.4 Å². The smallest absolute Gasteiger partial charge is 0.274 e. The van der Waals surface area contributed by atoms with Crippen molar-refractivity contribution in [3.05, 3.63) is 76.3 Å². The number of sulfonamides is 1. The molecule has 1 N–H and O–H groups in total. The number of aryl methyl sites for hydroxylation is 1. The van der Waals surface area contributed by atoms with Crippen LogP contribution in [0, 0.1) is 17.0 Å². The molecule has 1 fully saturated rings. The van der Waals surface area contributed by atoms with Crippen molar-refractivity contribution in [2.75, 3.05) is 38.0 Å². The van der Waals surface area contributed by atoms with E-state index < -0.39 is 14.9 Å². The normalized spacial score (nSPS) is 15.4. The van der Waals surface area contributed by atoms with Gasteiger partial charge < -0.3 is 5.32 Å². The molecule has 10 heteroatoms. The molecular weight excluding hydrogens is 444 g/mol. The molecule has 0 saturated carbocycles. The quantitative estimate of drug-likeness (QED) is 0.440. The fourth-order valence-electron chi connectivity index (χ4n) is 3.89. The first-order valence-electron chi connectivity index (χ1n) is 10.5. The molecular formula is C23H24N4O5S. The second-order valence-electron chi connectivity index (χ2n) is 8.00. The zero-order valence-corrected chi connectivity index (χ0v) is 18.9. The van der Waals surface area contributed by atoms with E-state index in [9.17, 15) is 23.3 Å². The van der Waals surface area contributed by atoms with E-state index in [0.29, 0.717) is 24.3 Å². The Labute approximate surface area is 191 Å². The molecule has 0 aliphatic carbocycles. The van der Waals surface area contributed by atoms with Gasteiger partial charge in [0.2, 0.25) is 15.9 Å². The molecule has 0 radical (unpaired) electrons. The molecule has 0 spiro atoms. The van der Waals surface area contributed by atoms with Gasteiger partial charge in [0.25, 0.3) is 5.69 Å². The average Bonchev–Trinajstić information content (AvgIpc) is 2.80. The van der Waals surface area contributed by atoms with Crippen LogP contribution in [-0.4, -0.2) is 61.2 Å². The fourth-order valence-corrected chi connectivity index (χ4v) is 5.35. The standard InChI is InChI=1S/C23H24N4O5S/c1-17-6-8-20(15-22(17)27(29)30)24-23(28)16-25-10-12-26(13-11-25)33(31,32)21-9-7-18-4-2-3-5-19(18)14-21/h2-9,14-15H,10-13,16H2,1H3,(H,24,28). The Morgan fingerprint density at radius 1 is 1.00 bits per heavy atom. The lowest BCUT2D eigenvalue weighted by Gasteiger charge is -2.33. The summed E-state index contributed by atoms with van der Waals surface area (Å²) in [6.45, 7) is 3.08. The van der Waals surface area contributed by atoms with Gasteiger partial charge in [0.1, 0.15) is 0 Å². The van der Waals surface area contributed by atoms with Crippen LogP contribution in [0.1, 0.15) is 5.56 Å². The predicted molar refractivity (Wildman–Crippen MR) is 126 cm³/mol. The monoisotopic (exact) mass is 468 g/mol. The summed E-state index contributed by atoms with van der Waals surface area (Å²) in [7, 11) is -3.63. The Hall–Kier alpha value is -3.34. The van der Waals surface area contributed by atoms with Crippen molar-refractivity contribution in [2.45, 2.75) is 11.8 Å². The van der Waals surface area contributed by atoms with Gasteiger partial charge in [-0.25, -0.2) is 8.42 Å². The number of nitro groups is 1. The van der Waals surface area contributed by atoms with Gasteiger partial charge in [-0.2, -0.15) is 4.31 Å². The molecule has 1 saturated heterocycles. The van der Waals surface area contributed by atoms with Gasteiger partial charge in [0.05, 0.1) is 16.4 Å². The summed E-state index contributed by atoms with van der Waals surface area (Å²) in [6.07, 6.45) is 0. The summed E-state index contributed by atoms with van der Waals surface area (Å²) in [5.41, 5.74) is 0.817. The third-order valence-corrected chi connectivity index (χ3v) is 7.64. The van der Waals surface area contributed by atoms with E-state index in [2.05, 4.69) is 5.32 Å². The van der Waals surface area contributed by atoms with Gasteiger partial charge in [-0.15, -0.1) is 0 Å². The largest absolute Gasteiger partial charge is 0.325 e. The molecule has 0 unspecified atom stereocenters. The van der Waals surface area contributed by atoms with Gasteiger partial charge in [-0.1, -0.05) is 36.4 Å². The van der Waals surface area contributed by atoms with Gasteiger partial charge in [0.15, 0.2) is 0 Å². The van der Waals surface area contributed by atoms with Crippen LogP contribution in [0.25, 0.3) is 10.8 Å². The molecule has 1 amide bonds. The molecule has 1 aliphatic rings. The van der Waals surface area contributed by atoms with Crippen molar-refractivity contribution in [1.82, 2.24) is 9.21 Å². The minimum Gasteiger partial charge on any atom is -0.325 e. The highest BCUT2D eigenvalue weighted by atomic mass is 32.2. The lowest BCUT2D eigenvalue weighted by Crippen LogP contribution is -2.50. The van der Waals surface area contributed by atoms with Crippen LogP contribution >= 0.6 is 0 Å². The lowest BCUT2D eigenvalue weighted by atomic mass is 10.1. The SMILES string of the molecule is Cc1ccc(NC(=O)CN2CCN(S(=O)(=O)c3ccc4ccccc4c3)CC2)cc1[N+](=O)[O-]. The Balaban J connectivity index is 1.36. The van der Waals surface area contributed by atoms with E-state index in [1.54, 1.807) is 37.3 Å². The van der Waals surface area contributed by atoms with Crippen molar-refractivity contribution >= 4 is 38.1 Å². The third kappa shape index (κ3) is 5.03. The maximum Gasteiger partial charge on any atom is 0.274 e. The van der Waals surface area contributed by atoms with Crippen LogP contribution in [0.2, 0.25) is 0 Å². The summed E-state index contributed by atoms with van der Waals surface area (Å²) in [5.74, 6) is -0.306. The number of hydrogen-bond donors (Lipinski definition) is 1. The highest BCUT2D eigenvalue weighted by molar-refractivity contribution is 7.89. The molecule has 1 aliphatic heterocycles. The number of carbonyl (C=O) groups is 1. The molecule has 0 atom stereocenters. The van der Waals surface area contributed by atoms with E-state index >= 15 is 0 Å². The minimum absolute atomic E-state index is 0.0553. The van der Waals surface area contributed by atoms with Crippen LogP contribution in [-0.2, 0) is 14.8 Å². The average molecular weight is 469 g/mol. The van der Waals surface area contributed by atoms with E-state index in [1.807, 2.05) is 29.2 Å². The van der Waals surface area contributed by atoms with Crippen molar-refractivity contribution in [3.8, 4) is 0 Å². The highest BCUT2D eigenvalue weighted by Crippen LogP contribution is 2.24. The highest BCUT2D eigenvalue weighted by Gasteiger charge is 2.29. The van der Waals surface area contributed by atoms with Crippen LogP contribution in [0.3, 0.4) is 0 Å². The summed E-state index contributed by atoms with van der Waals surface area (Å²) in [5, 5.41) is 15.6. The van der Waals surface area contributed by atoms with Gasteiger partial charge in [0, 0.05) is 43.5 Å². The van der Waals surface area contributed by atoms with Crippen LogP contribution in [0.15, 0.2) is 65.6 Å². The second kappa shape index (κ2) is 9.26. The summed E-state index contributed by atoms with van der Waals surface area (Å²) in [6, 6.07) is 17.3. The van der Waals surface area contributed by atoms with Gasteiger partial charge >= 0.3 is 0 Å². The number of nitrogens with one attached hydrogen (secondary N) is 1. The van der Waals surface area contributed by atoms with Gasteiger partial charge in [-0.3, -0.25) is 19.8 Å². The Kier molecular flexibility index (Phi) is 6.41. The topological polar surface area (TPSA) is 113 Å². The molecule has 172 valence electrons. The maximum absolute atomic E-state index is 13.1. The van der Waals surface area contributed by atoms with E-state index in [-0.39, 0.29) is 36.1 Å². The number of amides is 1. The third-order valence-electron chi connectivity index (χ3n) is 5.75. The molecule has 9 nitrogen and oxygen atoms in total. The van der Waals surface area contributed by atoms with E-state index in [4.69, 9.17) is 0 Å². The maximum atomic E-state index is 13.1. The first-order valence-corrected chi connectivity index (χ1v) is 11.9. The molecule has 1 heterocycles. The van der Waals surface area contributed by atoms with Crippen molar-refractivity contribution < 1.29 is 18.1 Å². The molecule has 3 aromatic rings. The molecule has 0 aromatic heterocycles. The van der Waals surface area contributed by atoms with E-state index in [0.717, 1.165) is 10.8 Å². The number of piperazine rings is 1. The van der Waals surface area contributed by atoms with Crippen LogP contribution < -0.4 is 5.32 Å². The molecule has 33 heavy (non-hydrogen) atoms. The Morgan fingerprint density at radius 3 is 2.39 bits per heavy atom. The zero-order valence-electron chi connectivity index (χ0n) is 18.1. The lowest BCUT2D eigenvalue weighted by molar-refractivity contribution is -0.385. The van der Waals surface area contributed by atoms with Crippen LogP contribution in [0.5, 0.6) is 0 Å². The number of benzene rings is 3. The number of nitro benzene ring substituents is 1. The van der Waals surface area contributed by atoms with Crippen LogP contribution in [0.4, 0.5) is 11.4 Å². The summed E-state index contributed by atoms with van der Waals surface area (Å²) in [4.78, 5) is 25.1. The minimum atomic E-state index is -3.63. The van der Waals surface area contributed by atoms with Crippen molar-refractivity contribution in [2.24, 2.45) is 0 Å². The van der Waals surface area contributed by atoms with Gasteiger partial charge in [-0.05, 0) is 35.9 Å².